The minimum Gasteiger partial charge on any atom is -0.376 e. The van der Waals surface area contributed by atoms with E-state index in [-0.39, 0.29) is 0 Å². The van der Waals surface area contributed by atoms with Crippen molar-refractivity contribution in [2.75, 3.05) is 13.7 Å². The van der Waals surface area contributed by atoms with E-state index in [2.05, 4.69) is 23.8 Å². The van der Waals surface area contributed by atoms with Crippen LogP contribution in [-0.4, -0.2) is 23.7 Å². The summed E-state index contributed by atoms with van der Waals surface area (Å²) in [6.45, 7) is 5.35. The summed E-state index contributed by atoms with van der Waals surface area (Å²) in [5.41, 5.74) is 1.49. The van der Waals surface area contributed by atoms with Gasteiger partial charge in [-0.2, -0.15) is 0 Å². The highest BCUT2D eigenvalue weighted by molar-refractivity contribution is 6.30. The molecule has 0 spiro atoms. The Labute approximate surface area is 113 Å². The van der Waals surface area contributed by atoms with Crippen LogP contribution in [0.15, 0.2) is 0 Å². The van der Waals surface area contributed by atoms with Gasteiger partial charge in [-0.15, -0.1) is 0 Å². The molecule has 0 fully saturated rings. The molecule has 1 aliphatic rings. The summed E-state index contributed by atoms with van der Waals surface area (Å²) in [4.78, 5) is 9.08. The number of nitrogens with zero attached hydrogens (tertiary/aromatic N) is 2. The smallest absolute Gasteiger partial charge is 0.162 e. The van der Waals surface area contributed by atoms with E-state index in [1.165, 1.54) is 0 Å². The minimum absolute atomic E-state index is 0.434. The summed E-state index contributed by atoms with van der Waals surface area (Å²) in [6, 6.07) is 0. The Hall–Kier alpha value is -0.710. The van der Waals surface area contributed by atoms with E-state index in [0.29, 0.717) is 24.2 Å². The van der Waals surface area contributed by atoms with Gasteiger partial charge in [0.1, 0.15) is 10.8 Å². The average molecular weight is 271 g/mol. The summed E-state index contributed by atoms with van der Waals surface area (Å²) in [5.74, 6) is 0.695. The zero-order chi connectivity index (χ0) is 13.2. The molecule has 1 aliphatic heterocycles. The molecule has 1 aromatic heterocycles. The molecule has 2 rings (SSSR count). The number of hydrogen-bond donors (Lipinski definition) is 0. The number of halogens is 1. The summed E-state index contributed by atoms with van der Waals surface area (Å²) in [7, 11) is 1.70. The summed E-state index contributed by atoms with van der Waals surface area (Å²) in [6.07, 6.45) is 2.44. The molecule has 18 heavy (non-hydrogen) atoms. The van der Waals surface area contributed by atoms with Crippen LogP contribution >= 0.6 is 11.6 Å². The maximum absolute atomic E-state index is 6.24. The van der Waals surface area contributed by atoms with Crippen LogP contribution in [-0.2, 0) is 28.1 Å². The zero-order valence-corrected chi connectivity index (χ0v) is 11.9. The lowest BCUT2D eigenvalue weighted by molar-refractivity contribution is -0.0296. The van der Waals surface area contributed by atoms with E-state index in [0.717, 1.165) is 30.5 Å². The highest BCUT2D eigenvalue weighted by Gasteiger charge is 2.33. The lowest BCUT2D eigenvalue weighted by Gasteiger charge is -2.30. The molecule has 0 unspecified atom stereocenters. The van der Waals surface area contributed by atoms with Gasteiger partial charge in [-0.3, -0.25) is 0 Å². The summed E-state index contributed by atoms with van der Waals surface area (Å²) >= 11 is 6.24. The van der Waals surface area contributed by atoms with Crippen LogP contribution in [0, 0.1) is 0 Å². The van der Waals surface area contributed by atoms with Gasteiger partial charge in [-0.25, -0.2) is 9.97 Å². The van der Waals surface area contributed by atoms with Gasteiger partial charge in [-0.1, -0.05) is 25.4 Å². The predicted molar refractivity (Wildman–Crippen MR) is 69.7 cm³/mol. The number of fused-ring (bicyclic) bond motifs is 1. The third kappa shape index (κ3) is 2.25. The SMILES string of the molecule is CCC(CC)(OC)c1nc(Cl)c2c(n1)CCOC2. The van der Waals surface area contributed by atoms with Gasteiger partial charge in [0, 0.05) is 19.1 Å². The monoisotopic (exact) mass is 270 g/mol. The molecule has 100 valence electrons. The quantitative estimate of drug-likeness (QED) is 0.789. The van der Waals surface area contributed by atoms with Gasteiger partial charge in [0.2, 0.25) is 0 Å². The van der Waals surface area contributed by atoms with Gasteiger partial charge in [-0.05, 0) is 12.8 Å². The van der Waals surface area contributed by atoms with Crippen molar-refractivity contribution in [2.24, 2.45) is 0 Å². The fraction of sp³-hybridized carbons (Fsp3) is 0.692. The first-order chi connectivity index (χ1) is 8.66. The van der Waals surface area contributed by atoms with Crippen molar-refractivity contribution in [3.63, 3.8) is 0 Å². The van der Waals surface area contributed by atoms with E-state index in [4.69, 9.17) is 21.1 Å². The van der Waals surface area contributed by atoms with Crippen LogP contribution < -0.4 is 0 Å². The van der Waals surface area contributed by atoms with Crippen molar-refractivity contribution in [3.8, 4) is 0 Å². The Morgan fingerprint density at radius 2 is 2.06 bits per heavy atom. The van der Waals surface area contributed by atoms with Gasteiger partial charge in [0.25, 0.3) is 0 Å². The molecule has 0 aliphatic carbocycles. The van der Waals surface area contributed by atoms with E-state index < -0.39 is 5.60 Å². The van der Waals surface area contributed by atoms with E-state index in [1.54, 1.807) is 7.11 Å². The van der Waals surface area contributed by atoms with Crippen LogP contribution in [0.4, 0.5) is 0 Å². The zero-order valence-electron chi connectivity index (χ0n) is 11.1. The highest BCUT2D eigenvalue weighted by Crippen LogP contribution is 2.32. The van der Waals surface area contributed by atoms with E-state index >= 15 is 0 Å². The minimum atomic E-state index is -0.434. The Morgan fingerprint density at radius 1 is 1.33 bits per heavy atom. The number of hydrogen-bond acceptors (Lipinski definition) is 4. The first-order valence-corrected chi connectivity index (χ1v) is 6.73. The second kappa shape index (κ2) is 5.51. The molecule has 0 saturated heterocycles. The first-order valence-electron chi connectivity index (χ1n) is 6.35. The molecule has 5 heteroatoms. The lowest BCUT2D eigenvalue weighted by Crippen LogP contribution is -2.31. The molecule has 0 amide bonds. The molecule has 0 aromatic carbocycles. The lowest BCUT2D eigenvalue weighted by atomic mass is 9.95. The third-order valence-electron chi connectivity index (χ3n) is 3.71. The van der Waals surface area contributed by atoms with Crippen molar-refractivity contribution in [1.29, 1.82) is 0 Å². The second-order valence-corrected chi connectivity index (χ2v) is 4.83. The molecule has 0 bridgehead atoms. The second-order valence-electron chi connectivity index (χ2n) is 4.47. The van der Waals surface area contributed by atoms with Crippen LogP contribution in [0.1, 0.15) is 43.8 Å². The van der Waals surface area contributed by atoms with Crippen molar-refractivity contribution < 1.29 is 9.47 Å². The Kier molecular flexibility index (Phi) is 4.20. The largest absolute Gasteiger partial charge is 0.376 e. The van der Waals surface area contributed by atoms with E-state index in [9.17, 15) is 0 Å². The molecule has 4 nitrogen and oxygen atoms in total. The third-order valence-corrected chi connectivity index (χ3v) is 4.03. The standard InChI is InChI=1S/C13H19ClN2O2/c1-4-13(5-2,17-3)12-15-10-6-7-18-8-9(10)11(14)16-12/h4-8H2,1-3H3. The van der Waals surface area contributed by atoms with Gasteiger partial charge in [0.05, 0.1) is 18.9 Å². The summed E-state index contributed by atoms with van der Waals surface area (Å²) < 4.78 is 11.0. The Bertz CT molecular complexity index is 425. The van der Waals surface area contributed by atoms with Gasteiger partial charge < -0.3 is 9.47 Å². The van der Waals surface area contributed by atoms with Crippen LogP contribution in [0.25, 0.3) is 0 Å². The highest BCUT2D eigenvalue weighted by atomic mass is 35.5. The van der Waals surface area contributed by atoms with Crippen molar-refractivity contribution in [2.45, 2.75) is 45.3 Å². The van der Waals surface area contributed by atoms with Crippen LogP contribution in [0.5, 0.6) is 0 Å². The van der Waals surface area contributed by atoms with Crippen LogP contribution in [0.3, 0.4) is 0 Å². The van der Waals surface area contributed by atoms with Crippen molar-refractivity contribution in [3.05, 3.63) is 22.2 Å². The first kappa shape index (κ1) is 13.7. The molecule has 0 N–H and O–H groups in total. The normalized spacial score (nSPS) is 15.6. The Balaban J connectivity index is 2.48. The molecule has 2 heterocycles. The fourth-order valence-electron chi connectivity index (χ4n) is 2.34. The molecular weight excluding hydrogens is 252 g/mol. The number of methoxy groups -OCH3 is 1. The van der Waals surface area contributed by atoms with Crippen molar-refractivity contribution >= 4 is 11.6 Å². The topological polar surface area (TPSA) is 44.2 Å². The fourth-order valence-corrected chi connectivity index (χ4v) is 2.59. The maximum Gasteiger partial charge on any atom is 0.162 e. The summed E-state index contributed by atoms with van der Waals surface area (Å²) in [5, 5.41) is 0.498. The van der Waals surface area contributed by atoms with Crippen LogP contribution in [0.2, 0.25) is 5.15 Å². The van der Waals surface area contributed by atoms with Crippen molar-refractivity contribution in [1.82, 2.24) is 9.97 Å². The number of rotatable bonds is 4. The molecule has 0 saturated carbocycles. The molecule has 0 atom stereocenters. The van der Waals surface area contributed by atoms with Gasteiger partial charge >= 0.3 is 0 Å². The van der Waals surface area contributed by atoms with Gasteiger partial charge in [0.15, 0.2) is 5.82 Å². The molecule has 0 radical (unpaired) electrons. The maximum atomic E-state index is 6.24. The predicted octanol–water partition coefficient (Wildman–Crippen LogP) is 2.86. The number of ether oxygens (including phenoxy) is 2. The molecule has 1 aromatic rings. The number of aromatic nitrogens is 2. The Morgan fingerprint density at radius 3 is 2.67 bits per heavy atom. The average Bonchev–Trinajstić information content (AvgIpc) is 2.42. The van der Waals surface area contributed by atoms with E-state index in [1.807, 2.05) is 0 Å². The molecular formula is C13H19ClN2O2.